The maximum absolute atomic E-state index is 13.0. The van der Waals surface area contributed by atoms with Crippen molar-refractivity contribution >= 4 is 17.3 Å². The lowest BCUT2D eigenvalue weighted by Gasteiger charge is -2.22. The van der Waals surface area contributed by atoms with E-state index in [1.54, 1.807) is 18.3 Å². The number of halogens is 3. The molecule has 0 aliphatic carbocycles. The second-order valence-corrected chi connectivity index (χ2v) is 7.43. The minimum absolute atomic E-state index is 0.0907. The molecule has 0 bridgehead atoms. The lowest BCUT2D eigenvalue weighted by molar-refractivity contribution is -0.0883. The molecule has 0 aliphatic rings. The summed E-state index contributed by atoms with van der Waals surface area (Å²) in [6.07, 6.45) is 0.317. The van der Waals surface area contributed by atoms with Crippen LogP contribution in [0.1, 0.15) is 31.1 Å². The van der Waals surface area contributed by atoms with Gasteiger partial charge in [0.05, 0.1) is 11.3 Å². The topological polar surface area (TPSA) is 57.3 Å². The molecule has 0 saturated heterocycles. The van der Waals surface area contributed by atoms with Gasteiger partial charge in [0.25, 0.3) is 5.91 Å². The first-order valence-electron chi connectivity index (χ1n) is 11.1. The zero-order chi connectivity index (χ0) is 25.3. The molecule has 1 aromatic carbocycles. The molecule has 182 valence electrons. The molecule has 0 aliphatic heterocycles. The first kappa shape index (κ1) is 26.7. The average molecular weight is 473 g/mol. The van der Waals surface area contributed by atoms with Crippen molar-refractivity contribution in [3.05, 3.63) is 78.0 Å². The monoisotopic (exact) mass is 472 g/mol. The number of rotatable bonds is 10. The summed E-state index contributed by atoms with van der Waals surface area (Å²) in [7, 11) is 1.82. The number of alkyl halides is 3. The summed E-state index contributed by atoms with van der Waals surface area (Å²) in [5.41, 5.74) is 3.17. The highest BCUT2D eigenvalue weighted by atomic mass is 19.4. The van der Waals surface area contributed by atoms with Crippen LogP contribution in [0.5, 0.6) is 0 Å². The Morgan fingerprint density at radius 1 is 1.18 bits per heavy atom. The molecule has 2 rings (SSSR count). The van der Waals surface area contributed by atoms with Crippen LogP contribution >= 0.6 is 0 Å². The minimum Gasteiger partial charge on any atom is -0.388 e. The van der Waals surface area contributed by atoms with Gasteiger partial charge in [-0.3, -0.25) is 9.78 Å². The molecule has 2 N–H and O–H groups in total. The number of pyridine rings is 1. The molecule has 0 spiro atoms. The zero-order valence-electron chi connectivity index (χ0n) is 20.0. The number of hydrogen-bond donors (Lipinski definition) is 2. The molecule has 2 aromatic rings. The Bertz CT molecular complexity index is 1070. The van der Waals surface area contributed by atoms with E-state index in [1.807, 2.05) is 25.2 Å². The van der Waals surface area contributed by atoms with Crippen molar-refractivity contribution in [3.8, 4) is 11.3 Å². The van der Waals surface area contributed by atoms with Gasteiger partial charge in [0.2, 0.25) is 0 Å². The van der Waals surface area contributed by atoms with Gasteiger partial charge < -0.3 is 15.5 Å². The first-order chi connectivity index (χ1) is 16.2. The summed E-state index contributed by atoms with van der Waals surface area (Å²) in [4.78, 5) is 19.4. The third kappa shape index (κ3) is 6.73. The molecular formula is C26H31F3N4O. The smallest absolute Gasteiger partial charge is 0.388 e. The van der Waals surface area contributed by atoms with E-state index in [4.69, 9.17) is 0 Å². The second kappa shape index (κ2) is 12.1. The Kier molecular flexibility index (Phi) is 9.47. The van der Waals surface area contributed by atoms with Crippen LogP contribution in [0.2, 0.25) is 0 Å². The highest BCUT2D eigenvalue weighted by molar-refractivity contribution is 5.95. The summed E-state index contributed by atoms with van der Waals surface area (Å²) in [6.45, 7) is 10.6. The fourth-order valence-electron chi connectivity index (χ4n) is 3.46. The number of anilines is 2. The molecule has 0 radical (unpaired) electrons. The molecule has 1 aromatic heterocycles. The molecule has 5 nitrogen and oxygen atoms in total. The predicted molar refractivity (Wildman–Crippen MR) is 133 cm³/mol. The standard InChI is InChI=1S/C26H31F3N4O/c1-6-18(14-20(7-2)26(27,28)29)17-32-25(34)19-12-13-31-24(15-19)22-16-21(33(8-3)9-4)10-11-23(22)30-5/h6-7,10-16,30H,1,8-9,17H2,2-5H3,(H,32,34)/b18-14+,20-7+. The third-order valence-electron chi connectivity index (χ3n) is 5.39. The maximum atomic E-state index is 13.0. The fourth-order valence-corrected chi connectivity index (χ4v) is 3.46. The lowest BCUT2D eigenvalue weighted by atomic mass is 10.0. The van der Waals surface area contributed by atoms with Crippen LogP contribution in [0.3, 0.4) is 0 Å². The van der Waals surface area contributed by atoms with Crippen molar-refractivity contribution in [2.75, 3.05) is 36.9 Å². The Labute approximate surface area is 199 Å². The van der Waals surface area contributed by atoms with E-state index in [2.05, 4.69) is 40.9 Å². The summed E-state index contributed by atoms with van der Waals surface area (Å²) in [6, 6.07) is 9.26. The van der Waals surface area contributed by atoms with E-state index in [0.717, 1.165) is 42.2 Å². The molecular weight excluding hydrogens is 441 g/mol. The molecule has 0 saturated carbocycles. The zero-order valence-corrected chi connectivity index (χ0v) is 20.0. The highest BCUT2D eigenvalue weighted by Gasteiger charge is 2.31. The van der Waals surface area contributed by atoms with Crippen LogP contribution in [0.4, 0.5) is 24.5 Å². The van der Waals surface area contributed by atoms with Crippen LogP contribution in [-0.2, 0) is 0 Å². The van der Waals surface area contributed by atoms with E-state index in [9.17, 15) is 18.0 Å². The van der Waals surface area contributed by atoms with Crippen molar-refractivity contribution in [2.24, 2.45) is 0 Å². The Hall–Kier alpha value is -3.55. The third-order valence-corrected chi connectivity index (χ3v) is 5.39. The van der Waals surface area contributed by atoms with Crippen molar-refractivity contribution in [2.45, 2.75) is 26.9 Å². The molecule has 1 heterocycles. The summed E-state index contributed by atoms with van der Waals surface area (Å²) < 4.78 is 39.1. The maximum Gasteiger partial charge on any atom is 0.416 e. The van der Waals surface area contributed by atoms with Crippen LogP contribution in [-0.4, -0.2) is 43.7 Å². The number of hydrogen-bond acceptors (Lipinski definition) is 4. The van der Waals surface area contributed by atoms with Crippen LogP contribution in [0.15, 0.2) is 72.5 Å². The van der Waals surface area contributed by atoms with E-state index in [-0.39, 0.29) is 12.1 Å². The quantitative estimate of drug-likeness (QED) is 0.417. The fraction of sp³-hybridized carbons (Fsp3) is 0.308. The largest absolute Gasteiger partial charge is 0.416 e. The number of amides is 1. The number of nitrogens with one attached hydrogen (secondary N) is 2. The van der Waals surface area contributed by atoms with E-state index < -0.39 is 17.7 Å². The van der Waals surface area contributed by atoms with Crippen LogP contribution in [0.25, 0.3) is 11.3 Å². The van der Waals surface area contributed by atoms with Gasteiger partial charge in [-0.05, 0) is 62.8 Å². The summed E-state index contributed by atoms with van der Waals surface area (Å²) in [5, 5.41) is 5.81. The van der Waals surface area contributed by atoms with Gasteiger partial charge in [0.1, 0.15) is 0 Å². The number of nitrogens with zero attached hydrogens (tertiary/aromatic N) is 2. The number of allylic oxidation sites excluding steroid dienone is 3. The summed E-state index contributed by atoms with van der Waals surface area (Å²) >= 11 is 0. The number of carbonyl (C=O) groups excluding carboxylic acids is 1. The van der Waals surface area contributed by atoms with Crippen molar-refractivity contribution in [3.63, 3.8) is 0 Å². The van der Waals surface area contributed by atoms with Gasteiger partial charge in [-0.25, -0.2) is 0 Å². The molecule has 34 heavy (non-hydrogen) atoms. The predicted octanol–water partition coefficient (Wildman–Crippen LogP) is 5.99. The minimum atomic E-state index is -4.47. The van der Waals surface area contributed by atoms with Gasteiger partial charge in [0, 0.05) is 55.4 Å². The lowest BCUT2D eigenvalue weighted by Crippen LogP contribution is -2.25. The summed E-state index contributed by atoms with van der Waals surface area (Å²) in [5.74, 6) is -0.420. The Balaban J connectivity index is 2.29. The molecule has 8 heteroatoms. The van der Waals surface area contributed by atoms with Gasteiger partial charge in [-0.1, -0.05) is 18.7 Å². The van der Waals surface area contributed by atoms with Crippen LogP contribution < -0.4 is 15.5 Å². The van der Waals surface area contributed by atoms with Gasteiger partial charge in [-0.2, -0.15) is 13.2 Å². The van der Waals surface area contributed by atoms with Crippen molar-refractivity contribution in [1.82, 2.24) is 10.3 Å². The van der Waals surface area contributed by atoms with Crippen molar-refractivity contribution in [1.29, 1.82) is 0 Å². The SMILES string of the molecule is C=C/C(=C\C(=C/C)C(F)(F)F)CNC(=O)c1ccnc(-c2cc(N(CC)CC)ccc2NC)c1. The number of benzene rings is 1. The molecule has 0 atom stereocenters. The first-order valence-corrected chi connectivity index (χ1v) is 11.1. The van der Waals surface area contributed by atoms with Gasteiger partial charge in [-0.15, -0.1) is 0 Å². The van der Waals surface area contributed by atoms with Gasteiger partial charge >= 0.3 is 6.18 Å². The van der Waals surface area contributed by atoms with E-state index in [0.29, 0.717) is 11.3 Å². The normalized spacial score (nSPS) is 12.3. The second-order valence-electron chi connectivity index (χ2n) is 7.43. The highest BCUT2D eigenvalue weighted by Crippen LogP contribution is 2.31. The van der Waals surface area contributed by atoms with Gasteiger partial charge in [0.15, 0.2) is 0 Å². The molecule has 0 fully saturated rings. The van der Waals surface area contributed by atoms with Crippen LogP contribution in [0, 0.1) is 0 Å². The van der Waals surface area contributed by atoms with E-state index in [1.165, 1.54) is 13.0 Å². The average Bonchev–Trinajstić information content (AvgIpc) is 2.84. The van der Waals surface area contributed by atoms with E-state index >= 15 is 0 Å². The molecule has 1 amide bonds. The number of carbonyl (C=O) groups is 1. The number of aromatic nitrogens is 1. The molecule has 0 unspecified atom stereocenters. The van der Waals surface area contributed by atoms with Crippen molar-refractivity contribution < 1.29 is 18.0 Å². The Morgan fingerprint density at radius 2 is 1.88 bits per heavy atom. The Morgan fingerprint density at radius 3 is 2.44 bits per heavy atom.